The summed E-state index contributed by atoms with van der Waals surface area (Å²) in [6, 6.07) is 25.6. The fourth-order valence-electron chi connectivity index (χ4n) is 5.23. The Balaban J connectivity index is 1.33. The van der Waals surface area contributed by atoms with Crippen molar-refractivity contribution < 1.29 is 4.79 Å². The maximum absolute atomic E-state index is 12.6. The number of fused-ring (bicyclic) bond motifs is 1. The first-order chi connectivity index (χ1) is 16.2. The summed E-state index contributed by atoms with van der Waals surface area (Å²) in [7, 11) is 0. The van der Waals surface area contributed by atoms with Gasteiger partial charge >= 0.3 is 0 Å². The highest BCUT2D eigenvalue weighted by atomic mass is 16.2. The van der Waals surface area contributed by atoms with Gasteiger partial charge in [0, 0.05) is 31.1 Å². The molecule has 2 heterocycles. The molecule has 0 spiro atoms. The van der Waals surface area contributed by atoms with Crippen molar-refractivity contribution in [3.63, 3.8) is 0 Å². The molecule has 1 saturated carbocycles. The molecule has 4 aromatic rings. The molecule has 2 aliphatic rings. The summed E-state index contributed by atoms with van der Waals surface area (Å²) in [6.45, 7) is 4.83. The van der Waals surface area contributed by atoms with Crippen LogP contribution in [0.2, 0.25) is 0 Å². The number of amides is 1. The summed E-state index contributed by atoms with van der Waals surface area (Å²) in [4.78, 5) is 19.7. The van der Waals surface area contributed by atoms with E-state index in [1.807, 2.05) is 6.07 Å². The fraction of sp³-hybridized carbons (Fsp3) is 0.310. The smallest absolute Gasteiger partial charge is 0.225 e. The third-order valence-electron chi connectivity index (χ3n) is 7.18. The minimum Gasteiger partial charge on any atom is -0.342 e. The highest BCUT2D eigenvalue weighted by Crippen LogP contribution is 2.34. The molecule has 33 heavy (non-hydrogen) atoms. The number of para-hydroxylation sites is 1. The predicted molar refractivity (Wildman–Crippen MR) is 133 cm³/mol. The van der Waals surface area contributed by atoms with Gasteiger partial charge in [0.25, 0.3) is 0 Å². The van der Waals surface area contributed by atoms with Crippen LogP contribution in [0.25, 0.3) is 33.5 Å². The number of likely N-dealkylation sites (tertiary alicyclic amines) is 1. The lowest BCUT2D eigenvalue weighted by molar-refractivity contribution is -0.131. The van der Waals surface area contributed by atoms with E-state index in [0.29, 0.717) is 17.7 Å². The van der Waals surface area contributed by atoms with Crippen molar-refractivity contribution in [3.05, 3.63) is 78.4 Å². The summed E-state index contributed by atoms with van der Waals surface area (Å²) < 4.78 is 2.40. The third kappa shape index (κ3) is 3.84. The van der Waals surface area contributed by atoms with Crippen LogP contribution in [-0.2, 0) is 11.3 Å². The van der Waals surface area contributed by atoms with Gasteiger partial charge < -0.3 is 9.47 Å². The molecule has 1 aliphatic heterocycles. The van der Waals surface area contributed by atoms with Gasteiger partial charge in [-0.3, -0.25) is 4.79 Å². The molecule has 4 heteroatoms. The van der Waals surface area contributed by atoms with Gasteiger partial charge in [0.1, 0.15) is 5.82 Å². The lowest BCUT2D eigenvalue weighted by Crippen LogP contribution is -2.30. The van der Waals surface area contributed by atoms with Crippen LogP contribution in [-0.4, -0.2) is 33.4 Å². The number of rotatable bonds is 5. The normalized spacial score (nSPS) is 18.2. The van der Waals surface area contributed by atoms with Crippen LogP contribution in [0.4, 0.5) is 0 Å². The molecule has 1 unspecified atom stereocenters. The van der Waals surface area contributed by atoms with E-state index < -0.39 is 0 Å². The van der Waals surface area contributed by atoms with Gasteiger partial charge in [0.15, 0.2) is 0 Å². The van der Waals surface area contributed by atoms with Gasteiger partial charge in [-0.15, -0.1) is 0 Å². The zero-order chi connectivity index (χ0) is 22.4. The molecule has 2 fully saturated rings. The van der Waals surface area contributed by atoms with E-state index in [4.69, 9.17) is 4.98 Å². The van der Waals surface area contributed by atoms with Crippen LogP contribution in [0.5, 0.6) is 0 Å². The minimum absolute atomic E-state index is 0.304. The zero-order valence-electron chi connectivity index (χ0n) is 19.1. The Kier molecular flexibility index (Phi) is 5.01. The van der Waals surface area contributed by atoms with Gasteiger partial charge in [-0.05, 0) is 54.9 Å². The van der Waals surface area contributed by atoms with E-state index in [0.717, 1.165) is 55.8 Å². The quantitative estimate of drug-likeness (QED) is 0.389. The number of hydrogen-bond acceptors (Lipinski definition) is 2. The average Bonchev–Trinajstić information content (AvgIpc) is 3.49. The van der Waals surface area contributed by atoms with Crippen molar-refractivity contribution in [1.82, 2.24) is 14.5 Å². The third-order valence-corrected chi connectivity index (χ3v) is 7.18. The molecule has 0 radical (unpaired) electrons. The monoisotopic (exact) mass is 435 g/mol. The van der Waals surface area contributed by atoms with E-state index in [1.54, 1.807) is 0 Å². The maximum atomic E-state index is 12.6. The van der Waals surface area contributed by atoms with Crippen LogP contribution in [0, 0.1) is 18.8 Å². The second-order valence-corrected chi connectivity index (χ2v) is 9.65. The van der Waals surface area contributed by atoms with Gasteiger partial charge in [0.2, 0.25) is 5.91 Å². The van der Waals surface area contributed by atoms with E-state index in [9.17, 15) is 4.79 Å². The Morgan fingerprint density at radius 2 is 1.61 bits per heavy atom. The molecule has 1 aliphatic carbocycles. The van der Waals surface area contributed by atoms with Crippen LogP contribution in [0.1, 0.15) is 24.8 Å². The molecule has 1 atom stereocenters. The van der Waals surface area contributed by atoms with Crippen molar-refractivity contribution in [2.24, 2.45) is 11.8 Å². The number of carbonyl (C=O) groups is 1. The van der Waals surface area contributed by atoms with E-state index in [2.05, 4.69) is 83.1 Å². The number of aromatic nitrogens is 2. The number of nitrogens with zero attached hydrogens (tertiary/aromatic N) is 3. The minimum atomic E-state index is 0.304. The summed E-state index contributed by atoms with van der Waals surface area (Å²) in [5, 5.41) is 0. The van der Waals surface area contributed by atoms with Crippen molar-refractivity contribution in [1.29, 1.82) is 0 Å². The van der Waals surface area contributed by atoms with Crippen molar-refractivity contribution in [3.8, 4) is 22.5 Å². The SMILES string of the molecule is Cc1cccc2nc(-c3ccc(-c4ccccc4)cc3)n(CC3CCN(C(=O)C4CC4)C3)c12. The van der Waals surface area contributed by atoms with Gasteiger partial charge in [-0.25, -0.2) is 4.98 Å². The summed E-state index contributed by atoms with van der Waals surface area (Å²) in [5.74, 6) is 2.16. The first-order valence-corrected chi connectivity index (χ1v) is 12.1. The molecule has 0 bridgehead atoms. The lowest BCUT2D eigenvalue weighted by Gasteiger charge is -2.18. The zero-order valence-corrected chi connectivity index (χ0v) is 19.1. The molecule has 1 saturated heterocycles. The van der Waals surface area contributed by atoms with E-state index >= 15 is 0 Å². The predicted octanol–water partition coefficient (Wildman–Crippen LogP) is 5.94. The van der Waals surface area contributed by atoms with Crippen LogP contribution in [0.3, 0.4) is 0 Å². The van der Waals surface area contributed by atoms with Crippen molar-refractivity contribution in [2.75, 3.05) is 13.1 Å². The number of imidazole rings is 1. The maximum Gasteiger partial charge on any atom is 0.225 e. The molecule has 166 valence electrons. The molecule has 4 nitrogen and oxygen atoms in total. The van der Waals surface area contributed by atoms with Crippen LogP contribution in [0.15, 0.2) is 72.8 Å². The Labute approximate surface area is 194 Å². The fourth-order valence-corrected chi connectivity index (χ4v) is 5.23. The largest absolute Gasteiger partial charge is 0.342 e. The summed E-state index contributed by atoms with van der Waals surface area (Å²) >= 11 is 0. The Morgan fingerprint density at radius 1 is 0.879 bits per heavy atom. The molecule has 1 amide bonds. The molecule has 3 aromatic carbocycles. The highest BCUT2D eigenvalue weighted by molar-refractivity contribution is 5.84. The summed E-state index contributed by atoms with van der Waals surface area (Å²) in [5.41, 5.74) is 7.07. The first-order valence-electron chi connectivity index (χ1n) is 12.1. The lowest BCUT2D eigenvalue weighted by atomic mass is 10.0. The molecular formula is C29H29N3O. The Bertz CT molecular complexity index is 1300. The van der Waals surface area contributed by atoms with E-state index in [1.165, 1.54) is 22.2 Å². The average molecular weight is 436 g/mol. The van der Waals surface area contributed by atoms with Crippen molar-refractivity contribution in [2.45, 2.75) is 32.7 Å². The van der Waals surface area contributed by atoms with Gasteiger partial charge in [0.05, 0.1) is 11.0 Å². The highest BCUT2D eigenvalue weighted by Gasteiger charge is 2.36. The first kappa shape index (κ1) is 20.2. The molecule has 6 rings (SSSR count). The number of benzene rings is 3. The van der Waals surface area contributed by atoms with Gasteiger partial charge in [-0.2, -0.15) is 0 Å². The second kappa shape index (κ2) is 8.18. The van der Waals surface area contributed by atoms with Crippen LogP contribution < -0.4 is 0 Å². The number of hydrogen-bond donors (Lipinski definition) is 0. The number of carbonyl (C=O) groups excluding carboxylic acids is 1. The topological polar surface area (TPSA) is 38.1 Å². The molecule has 0 N–H and O–H groups in total. The van der Waals surface area contributed by atoms with Crippen LogP contribution >= 0.6 is 0 Å². The summed E-state index contributed by atoms with van der Waals surface area (Å²) in [6.07, 6.45) is 3.22. The standard InChI is InChI=1S/C29H29N3O/c1-20-6-5-9-26-27(20)32(19-21-16-17-31(18-21)29(33)25-14-15-25)28(30-26)24-12-10-23(11-13-24)22-7-3-2-4-8-22/h2-13,21,25H,14-19H2,1H3. The van der Waals surface area contributed by atoms with Gasteiger partial charge in [-0.1, -0.05) is 66.7 Å². The Hall–Kier alpha value is -3.40. The molecule has 1 aromatic heterocycles. The van der Waals surface area contributed by atoms with E-state index in [-0.39, 0.29) is 0 Å². The molecular weight excluding hydrogens is 406 g/mol. The Morgan fingerprint density at radius 3 is 2.36 bits per heavy atom. The second-order valence-electron chi connectivity index (χ2n) is 9.65. The van der Waals surface area contributed by atoms with Crippen molar-refractivity contribution >= 4 is 16.9 Å². The number of aryl methyl sites for hydroxylation is 1.